The normalized spacial score (nSPS) is 24.3. The number of nitrogens with zero attached hydrogens (tertiary/aromatic N) is 4. The van der Waals surface area contributed by atoms with Crippen molar-refractivity contribution in [2.24, 2.45) is 5.92 Å². The van der Waals surface area contributed by atoms with Gasteiger partial charge in [-0.1, -0.05) is 0 Å². The van der Waals surface area contributed by atoms with Gasteiger partial charge in [0.15, 0.2) is 0 Å². The highest BCUT2D eigenvalue weighted by Gasteiger charge is 2.23. The monoisotopic (exact) mass is 414 g/mol. The van der Waals surface area contributed by atoms with Gasteiger partial charge in [0.2, 0.25) is 5.88 Å². The molecule has 1 atom stereocenters. The lowest BCUT2D eigenvalue weighted by atomic mass is 10.1. The van der Waals surface area contributed by atoms with E-state index in [0.29, 0.717) is 18.4 Å². The van der Waals surface area contributed by atoms with Crippen LogP contribution in [0.15, 0.2) is 24.5 Å². The van der Waals surface area contributed by atoms with E-state index in [4.69, 9.17) is 18.9 Å². The second kappa shape index (κ2) is 9.43. The van der Waals surface area contributed by atoms with E-state index in [0.717, 1.165) is 83.1 Å². The van der Waals surface area contributed by atoms with Crippen molar-refractivity contribution in [3.63, 3.8) is 0 Å². The largest absolute Gasteiger partial charge is 0.471 e. The van der Waals surface area contributed by atoms with Crippen LogP contribution in [0, 0.1) is 5.92 Å². The Labute approximate surface area is 177 Å². The molecule has 1 aromatic carbocycles. The molecule has 3 fully saturated rings. The van der Waals surface area contributed by atoms with Gasteiger partial charge in [-0.05, 0) is 18.2 Å². The van der Waals surface area contributed by atoms with Gasteiger partial charge >= 0.3 is 0 Å². The predicted molar refractivity (Wildman–Crippen MR) is 113 cm³/mol. The third-order valence-corrected chi connectivity index (χ3v) is 6.08. The van der Waals surface area contributed by atoms with E-state index in [1.165, 1.54) is 5.69 Å². The molecular formula is C22H30N4O4. The highest BCUT2D eigenvalue weighted by molar-refractivity contribution is 5.86. The van der Waals surface area contributed by atoms with Crippen molar-refractivity contribution in [2.75, 3.05) is 77.3 Å². The number of aromatic nitrogens is 2. The number of ether oxygens (including phenoxy) is 4. The van der Waals surface area contributed by atoms with Crippen molar-refractivity contribution >= 4 is 16.6 Å². The summed E-state index contributed by atoms with van der Waals surface area (Å²) >= 11 is 0. The molecule has 162 valence electrons. The van der Waals surface area contributed by atoms with E-state index in [2.05, 4.69) is 38.0 Å². The Morgan fingerprint density at radius 1 is 0.933 bits per heavy atom. The molecule has 0 spiro atoms. The van der Waals surface area contributed by atoms with Gasteiger partial charge in [-0.2, -0.15) is 0 Å². The molecule has 0 amide bonds. The summed E-state index contributed by atoms with van der Waals surface area (Å²) < 4.78 is 22.8. The molecule has 3 saturated heterocycles. The highest BCUT2D eigenvalue weighted by atomic mass is 16.6. The van der Waals surface area contributed by atoms with Crippen LogP contribution in [-0.2, 0) is 14.2 Å². The van der Waals surface area contributed by atoms with Crippen molar-refractivity contribution in [1.29, 1.82) is 0 Å². The smallest absolute Gasteiger partial charge is 0.224 e. The molecule has 1 aromatic heterocycles. The average Bonchev–Trinajstić information content (AvgIpc) is 3.16. The first-order valence-electron chi connectivity index (χ1n) is 11.0. The average molecular weight is 415 g/mol. The zero-order valence-corrected chi connectivity index (χ0v) is 17.4. The quantitative estimate of drug-likeness (QED) is 0.731. The van der Waals surface area contributed by atoms with E-state index in [1.807, 2.05) is 0 Å². The Morgan fingerprint density at radius 3 is 2.50 bits per heavy atom. The lowest BCUT2D eigenvalue weighted by Crippen LogP contribution is -2.48. The van der Waals surface area contributed by atoms with Crippen molar-refractivity contribution < 1.29 is 18.9 Å². The van der Waals surface area contributed by atoms with Gasteiger partial charge in [0.25, 0.3) is 0 Å². The Hall–Kier alpha value is -2.00. The number of anilines is 1. The van der Waals surface area contributed by atoms with Crippen molar-refractivity contribution in [1.82, 2.24) is 14.9 Å². The first kappa shape index (κ1) is 19.9. The molecule has 8 heteroatoms. The lowest BCUT2D eigenvalue weighted by Gasteiger charge is -2.37. The molecule has 0 saturated carbocycles. The van der Waals surface area contributed by atoms with E-state index in [1.54, 1.807) is 6.33 Å². The number of rotatable bonds is 5. The Kier molecular flexibility index (Phi) is 6.26. The van der Waals surface area contributed by atoms with Gasteiger partial charge in [-0.15, -0.1) is 0 Å². The van der Waals surface area contributed by atoms with E-state index < -0.39 is 0 Å². The first-order valence-corrected chi connectivity index (χ1v) is 11.0. The molecule has 3 aliphatic heterocycles. The molecule has 0 N–H and O–H groups in total. The summed E-state index contributed by atoms with van der Waals surface area (Å²) in [6.45, 7) is 9.56. The molecule has 4 heterocycles. The van der Waals surface area contributed by atoms with Crippen LogP contribution in [0.5, 0.6) is 5.88 Å². The zero-order valence-electron chi connectivity index (χ0n) is 17.4. The maximum absolute atomic E-state index is 6.12. The van der Waals surface area contributed by atoms with Crippen LogP contribution in [0.4, 0.5) is 5.69 Å². The zero-order chi connectivity index (χ0) is 20.2. The fourth-order valence-electron chi connectivity index (χ4n) is 4.40. The summed E-state index contributed by atoms with van der Waals surface area (Å²) in [5.74, 6) is 1.13. The predicted octanol–water partition coefficient (Wildman–Crippen LogP) is 1.58. The Morgan fingerprint density at radius 2 is 1.73 bits per heavy atom. The minimum absolute atomic E-state index is 0.0762. The fraction of sp³-hybridized carbons (Fsp3) is 0.636. The Bertz CT molecular complexity index is 829. The summed E-state index contributed by atoms with van der Waals surface area (Å²) in [7, 11) is 0. The van der Waals surface area contributed by atoms with Gasteiger partial charge in [0.1, 0.15) is 12.4 Å². The van der Waals surface area contributed by atoms with E-state index in [9.17, 15) is 0 Å². The fourth-order valence-corrected chi connectivity index (χ4v) is 4.40. The van der Waals surface area contributed by atoms with Gasteiger partial charge in [0.05, 0.1) is 50.5 Å². The topological polar surface area (TPSA) is 69.2 Å². The molecule has 1 unspecified atom stereocenters. The minimum atomic E-state index is 0.0762. The summed E-state index contributed by atoms with van der Waals surface area (Å²) in [5.41, 5.74) is 2.11. The first-order chi connectivity index (χ1) is 14.8. The molecule has 30 heavy (non-hydrogen) atoms. The van der Waals surface area contributed by atoms with Crippen LogP contribution in [0.1, 0.15) is 6.42 Å². The third kappa shape index (κ3) is 4.67. The molecular weight excluding hydrogens is 384 g/mol. The maximum Gasteiger partial charge on any atom is 0.224 e. The highest BCUT2D eigenvalue weighted by Crippen LogP contribution is 2.29. The van der Waals surface area contributed by atoms with Gasteiger partial charge in [-0.25, -0.2) is 9.97 Å². The standard InChI is InChI=1S/C22H30N4O4/c1-2-21-20(22(24-16-23-21)30-19-3-8-27-15-19)11-18(1)26-6-4-25(5-7-26)12-17-13-28-9-10-29-14-17/h1-2,11,16-17,19H,3-10,12-15H2. The van der Waals surface area contributed by atoms with Crippen molar-refractivity contribution in [3.05, 3.63) is 24.5 Å². The van der Waals surface area contributed by atoms with Gasteiger partial charge < -0.3 is 23.8 Å². The molecule has 0 aliphatic carbocycles. The minimum Gasteiger partial charge on any atom is -0.471 e. The van der Waals surface area contributed by atoms with Gasteiger partial charge in [0, 0.05) is 50.7 Å². The molecule has 5 rings (SSSR count). The second-order valence-electron chi connectivity index (χ2n) is 8.29. The SMILES string of the molecule is c1nc(OC2CCOC2)c2cc(N3CCN(CC4COCCOC4)CC3)ccc2n1. The van der Waals surface area contributed by atoms with Crippen molar-refractivity contribution in [3.8, 4) is 5.88 Å². The molecule has 3 aliphatic rings. The molecule has 8 nitrogen and oxygen atoms in total. The van der Waals surface area contributed by atoms with Crippen LogP contribution < -0.4 is 9.64 Å². The van der Waals surface area contributed by atoms with Crippen LogP contribution in [0.3, 0.4) is 0 Å². The van der Waals surface area contributed by atoms with Crippen LogP contribution in [0.2, 0.25) is 0 Å². The summed E-state index contributed by atoms with van der Waals surface area (Å²) in [6, 6.07) is 6.39. The number of hydrogen-bond donors (Lipinski definition) is 0. The molecule has 0 bridgehead atoms. The van der Waals surface area contributed by atoms with E-state index >= 15 is 0 Å². The number of hydrogen-bond acceptors (Lipinski definition) is 8. The second-order valence-corrected chi connectivity index (χ2v) is 8.29. The molecule has 0 radical (unpaired) electrons. The Balaban J connectivity index is 1.24. The summed E-state index contributed by atoms with van der Waals surface area (Å²) in [6.07, 6.45) is 2.56. The molecule has 2 aromatic rings. The third-order valence-electron chi connectivity index (χ3n) is 6.08. The van der Waals surface area contributed by atoms with Crippen molar-refractivity contribution in [2.45, 2.75) is 12.5 Å². The maximum atomic E-state index is 6.12. The lowest BCUT2D eigenvalue weighted by molar-refractivity contribution is 0.102. The van der Waals surface area contributed by atoms with Crippen LogP contribution in [-0.4, -0.2) is 93.3 Å². The van der Waals surface area contributed by atoms with Gasteiger partial charge in [-0.3, -0.25) is 4.90 Å². The van der Waals surface area contributed by atoms with Crippen LogP contribution in [0.25, 0.3) is 10.9 Å². The number of benzene rings is 1. The van der Waals surface area contributed by atoms with E-state index in [-0.39, 0.29) is 6.10 Å². The number of piperazine rings is 1. The summed E-state index contributed by atoms with van der Waals surface area (Å²) in [5, 5.41) is 0.970. The van der Waals surface area contributed by atoms with Crippen LogP contribution >= 0.6 is 0 Å². The summed E-state index contributed by atoms with van der Waals surface area (Å²) in [4.78, 5) is 13.8. The number of fused-ring (bicyclic) bond motifs is 1.